The van der Waals surface area contributed by atoms with Crippen molar-refractivity contribution in [3.63, 3.8) is 0 Å². The molecule has 1 aromatic heterocycles. The van der Waals surface area contributed by atoms with E-state index in [1.807, 2.05) is 12.1 Å². The van der Waals surface area contributed by atoms with Crippen LogP contribution >= 0.6 is 0 Å². The maximum atomic E-state index is 12.2. The summed E-state index contributed by atoms with van der Waals surface area (Å²) in [5.74, 6) is -0.00209. The minimum absolute atomic E-state index is 0.00209. The first-order valence-corrected chi connectivity index (χ1v) is 6.42. The van der Waals surface area contributed by atoms with Crippen LogP contribution in [0.1, 0.15) is 23.3 Å². The lowest BCUT2D eigenvalue weighted by molar-refractivity contribution is 0.0299. The van der Waals surface area contributed by atoms with Gasteiger partial charge >= 0.3 is 0 Å². The highest BCUT2D eigenvalue weighted by Gasteiger charge is 2.22. The molecular weight excluding hydrogens is 230 g/mol. The van der Waals surface area contributed by atoms with Gasteiger partial charge in [0.1, 0.15) is 5.69 Å². The van der Waals surface area contributed by atoms with Crippen LogP contribution in [0.2, 0.25) is 0 Å². The zero-order valence-electron chi connectivity index (χ0n) is 10.3. The average molecular weight is 247 g/mol. The standard InChI is InChI=1S/C13H17N3O2/c17-13(16-5-7-18-8-6-16)12-9-11(3-4-14-12)15-10-1-2-10/h3-4,9-10H,1-2,5-8H2,(H,14,15). The Kier molecular flexibility index (Phi) is 3.15. The zero-order valence-corrected chi connectivity index (χ0v) is 10.3. The van der Waals surface area contributed by atoms with Crippen LogP contribution in [-0.4, -0.2) is 48.1 Å². The Hall–Kier alpha value is -1.62. The van der Waals surface area contributed by atoms with E-state index in [0.29, 0.717) is 38.0 Å². The van der Waals surface area contributed by atoms with Crippen molar-refractivity contribution in [1.29, 1.82) is 0 Å². The van der Waals surface area contributed by atoms with Gasteiger partial charge in [-0.25, -0.2) is 0 Å². The molecule has 3 rings (SSSR count). The molecule has 0 unspecified atom stereocenters. The Labute approximate surface area is 106 Å². The van der Waals surface area contributed by atoms with Crippen LogP contribution in [0.15, 0.2) is 18.3 Å². The van der Waals surface area contributed by atoms with Gasteiger partial charge in [0.05, 0.1) is 13.2 Å². The van der Waals surface area contributed by atoms with Gasteiger partial charge in [0.25, 0.3) is 5.91 Å². The normalized spacial score (nSPS) is 19.7. The van der Waals surface area contributed by atoms with Crippen molar-refractivity contribution < 1.29 is 9.53 Å². The van der Waals surface area contributed by atoms with Crippen LogP contribution in [0, 0.1) is 0 Å². The van der Waals surface area contributed by atoms with E-state index in [1.165, 1.54) is 12.8 Å². The summed E-state index contributed by atoms with van der Waals surface area (Å²) in [5.41, 5.74) is 1.51. The van der Waals surface area contributed by atoms with E-state index in [2.05, 4.69) is 10.3 Å². The summed E-state index contributed by atoms with van der Waals surface area (Å²) >= 11 is 0. The Bertz CT molecular complexity index is 440. The summed E-state index contributed by atoms with van der Waals surface area (Å²) in [7, 11) is 0. The number of rotatable bonds is 3. The van der Waals surface area contributed by atoms with Crippen molar-refractivity contribution in [2.45, 2.75) is 18.9 Å². The first-order chi connectivity index (χ1) is 8.83. The number of amides is 1. The van der Waals surface area contributed by atoms with Crippen LogP contribution in [0.4, 0.5) is 5.69 Å². The molecule has 0 aromatic carbocycles. The number of pyridine rings is 1. The van der Waals surface area contributed by atoms with Gasteiger partial charge in [-0.3, -0.25) is 9.78 Å². The lowest BCUT2D eigenvalue weighted by Gasteiger charge is -2.26. The molecule has 1 amide bonds. The summed E-state index contributed by atoms with van der Waals surface area (Å²) in [5, 5.41) is 3.38. The number of hydrogen-bond donors (Lipinski definition) is 1. The maximum absolute atomic E-state index is 12.2. The smallest absolute Gasteiger partial charge is 0.272 e. The molecular formula is C13H17N3O2. The maximum Gasteiger partial charge on any atom is 0.272 e. The van der Waals surface area contributed by atoms with Crippen molar-refractivity contribution in [1.82, 2.24) is 9.88 Å². The minimum Gasteiger partial charge on any atom is -0.382 e. The highest BCUT2D eigenvalue weighted by atomic mass is 16.5. The molecule has 96 valence electrons. The van der Waals surface area contributed by atoms with Crippen LogP contribution in [-0.2, 0) is 4.74 Å². The van der Waals surface area contributed by atoms with Crippen molar-refractivity contribution >= 4 is 11.6 Å². The number of hydrogen-bond acceptors (Lipinski definition) is 4. The molecule has 0 bridgehead atoms. The Morgan fingerprint density at radius 1 is 1.39 bits per heavy atom. The lowest BCUT2D eigenvalue weighted by Crippen LogP contribution is -2.41. The molecule has 2 aliphatic rings. The number of nitrogens with one attached hydrogen (secondary N) is 1. The highest BCUT2D eigenvalue weighted by Crippen LogP contribution is 2.24. The molecule has 2 heterocycles. The summed E-state index contributed by atoms with van der Waals surface area (Å²) in [6, 6.07) is 4.34. The number of morpholine rings is 1. The van der Waals surface area contributed by atoms with Crippen molar-refractivity contribution in [2.75, 3.05) is 31.6 Å². The Morgan fingerprint density at radius 3 is 2.89 bits per heavy atom. The van der Waals surface area contributed by atoms with Crippen LogP contribution in [0.25, 0.3) is 0 Å². The molecule has 1 aliphatic carbocycles. The minimum atomic E-state index is -0.00209. The number of anilines is 1. The predicted octanol–water partition coefficient (Wildman–Crippen LogP) is 1.13. The van der Waals surface area contributed by atoms with Gasteiger partial charge in [-0.1, -0.05) is 0 Å². The van der Waals surface area contributed by atoms with E-state index in [-0.39, 0.29) is 5.91 Å². The van der Waals surface area contributed by atoms with Gasteiger partial charge in [0.15, 0.2) is 0 Å². The van der Waals surface area contributed by atoms with Crippen LogP contribution in [0.5, 0.6) is 0 Å². The first kappa shape index (κ1) is 11.5. The van der Waals surface area contributed by atoms with E-state index < -0.39 is 0 Å². The monoisotopic (exact) mass is 247 g/mol. The molecule has 0 atom stereocenters. The number of carbonyl (C=O) groups excluding carboxylic acids is 1. The van der Waals surface area contributed by atoms with Crippen molar-refractivity contribution in [3.05, 3.63) is 24.0 Å². The summed E-state index contributed by atoms with van der Waals surface area (Å²) < 4.78 is 5.24. The third-order valence-corrected chi connectivity index (χ3v) is 3.23. The van der Waals surface area contributed by atoms with Gasteiger partial charge in [0.2, 0.25) is 0 Å². The molecule has 1 aromatic rings. The number of aromatic nitrogens is 1. The largest absolute Gasteiger partial charge is 0.382 e. The molecule has 0 radical (unpaired) electrons. The second kappa shape index (κ2) is 4.94. The summed E-state index contributed by atoms with van der Waals surface area (Å²) in [4.78, 5) is 18.2. The lowest BCUT2D eigenvalue weighted by atomic mass is 10.2. The predicted molar refractivity (Wildman–Crippen MR) is 67.6 cm³/mol. The molecule has 1 saturated heterocycles. The molecule has 1 N–H and O–H groups in total. The Morgan fingerprint density at radius 2 is 2.17 bits per heavy atom. The van der Waals surface area contributed by atoms with Gasteiger partial charge in [-0.15, -0.1) is 0 Å². The van der Waals surface area contributed by atoms with Gasteiger partial charge < -0.3 is 15.0 Å². The third-order valence-electron chi connectivity index (χ3n) is 3.23. The molecule has 1 saturated carbocycles. The van der Waals surface area contributed by atoms with E-state index in [1.54, 1.807) is 11.1 Å². The molecule has 5 nitrogen and oxygen atoms in total. The van der Waals surface area contributed by atoms with Crippen molar-refractivity contribution in [2.24, 2.45) is 0 Å². The fraction of sp³-hybridized carbons (Fsp3) is 0.538. The summed E-state index contributed by atoms with van der Waals surface area (Å²) in [6.45, 7) is 2.54. The third kappa shape index (κ3) is 2.61. The van der Waals surface area contributed by atoms with Gasteiger partial charge in [-0.2, -0.15) is 0 Å². The molecule has 5 heteroatoms. The second-order valence-corrected chi connectivity index (χ2v) is 4.75. The van der Waals surface area contributed by atoms with E-state index in [4.69, 9.17) is 4.74 Å². The molecule has 1 aliphatic heterocycles. The fourth-order valence-corrected chi connectivity index (χ4v) is 2.03. The fourth-order valence-electron chi connectivity index (χ4n) is 2.03. The molecule has 0 spiro atoms. The zero-order chi connectivity index (χ0) is 12.4. The first-order valence-electron chi connectivity index (χ1n) is 6.42. The Balaban J connectivity index is 1.71. The second-order valence-electron chi connectivity index (χ2n) is 4.75. The quantitative estimate of drug-likeness (QED) is 0.870. The molecule has 18 heavy (non-hydrogen) atoms. The summed E-state index contributed by atoms with van der Waals surface area (Å²) in [6.07, 6.45) is 4.13. The van der Waals surface area contributed by atoms with Gasteiger partial charge in [-0.05, 0) is 25.0 Å². The molecule has 2 fully saturated rings. The van der Waals surface area contributed by atoms with Crippen molar-refractivity contribution in [3.8, 4) is 0 Å². The number of ether oxygens (including phenoxy) is 1. The topological polar surface area (TPSA) is 54.5 Å². The number of carbonyl (C=O) groups is 1. The van der Waals surface area contributed by atoms with Gasteiger partial charge in [0, 0.05) is 31.0 Å². The highest BCUT2D eigenvalue weighted by molar-refractivity contribution is 5.93. The van der Waals surface area contributed by atoms with Crippen LogP contribution in [0.3, 0.4) is 0 Å². The number of nitrogens with zero attached hydrogens (tertiary/aromatic N) is 2. The SMILES string of the molecule is O=C(c1cc(NC2CC2)ccn1)N1CCOCC1. The van der Waals surface area contributed by atoms with E-state index >= 15 is 0 Å². The van der Waals surface area contributed by atoms with Crippen LogP contribution < -0.4 is 5.32 Å². The average Bonchev–Trinajstić information content (AvgIpc) is 3.23. The van der Waals surface area contributed by atoms with E-state index in [9.17, 15) is 4.79 Å². The van der Waals surface area contributed by atoms with E-state index in [0.717, 1.165) is 5.69 Å².